The maximum absolute atomic E-state index is 9.03. The Balaban J connectivity index is 2.11. The zero-order valence-corrected chi connectivity index (χ0v) is 12.4. The van der Waals surface area contributed by atoms with Gasteiger partial charge in [-0.3, -0.25) is 4.90 Å². The molecule has 1 aromatic carbocycles. The van der Waals surface area contributed by atoms with Crippen LogP contribution in [0.25, 0.3) is 0 Å². The van der Waals surface area contributed by atoms with E-state index in [1.54, 1.807) is 7.11 Å². The van der Waals surface area contributed by atoms with E-state index < -0.39 is 0 Å². The highest BCUT2D eigenvalue weighted by Crippen LogP contribution is 2.21. The average molecular weight is 273 g/mol. The summed E-state index contributed by atoms with van der Waals surface area (Å²) in [6.45, 7) is 6.43. The van der Waals surface area contributed by atoms with E-state index >= 15 is 0 Å². The van der Waals surface area contributed by atoms with Crippen molar-refractivity contribution in [3.8, 4) is 11.8 Å². The van der Waals surface area contributed by atoms with Crippen molar-refractivity contribution >= 4 is 0 Å². The second-order valence-corrected chi connectivity index (χ2v) is 5.26. The highest BCUT2D eigenvalue weighted by Gasteiger charge is 2.21. The Morgan fingerprint density at radius 3 is 2.95 bits per heavy atom. The summed E-state index contributed by atoms with van der Waals surface area (Å²) in [6, 6.07) is 8.66. The molecule has 0 radical (unpaired) electrons. The zero-order valence-electron chi connectivity index (χ0n) is 12.4. The average Bonchev–Trinajstić information content (AvgIpc) is 3.00. The minimum absolute atomic E-state index is 0.598. The SMILES string of the molecule is CCCN(Cc1ccc(C#N)c(OC)c1)C1CCNC1. The molecule has 4 nitrogen and oxygen atoms in total. The first kappa shape index (κ1) is 14.8. The van der Waals surface area contributed by atoms with Crippen LogP contribution in [0.5, 0.6) is 5.75 Å². The minimum Gasteiger partial charge on any atom is -0.495 e. The van der Waals surface area contributed by atoms with Gasteiger partial charge in [0.25, 0.3) is 0 Å². The van der Waals surface area contributed by atoms with E-state index in [1.165, 1.54) is 12.0 Å². The molecule has 1 heterocycles. The van der Waals surface area contributed by atoms with Crippen molar-refractivity contribution < 1.29 is 4.74 Å². The van der Waals surface area contributed by atoms with Crippen LogP contribution in [0.3, 0.4) is 0 Å². The first-order chi connectivity index (χ1) is 9.78. The first-order valence-corrected chi connectivity index (χ1v) is 7.30. The molecule has 1 N–H and O–H groups in total. The Labute approximate surface area is 121 Å². The highest BCUT2D eigenvalue weighted by molar-refractivity contribution is 5.45. The molecule has 0 spiro atoms. The molecule has 1 aliphatic rings. The fourth-order valence-electron chi connectivity index (χ4n) is 2.79. The Morgan fingerprint density at radius 1 is 1.50 bits per heavy atom. The molecular weight excluding hydrogens is 250 g/mol. The Hall–Kier alpha value is -1.57. The van der Waals surface area contributed by atoms with Crippen LogP contribution in [0.2, 0.25) is 0 Å². The molecule has 0 saturated carbocycles. The summed E-state index contributed by atoms with van der Waals surface area (Å²) in [5.74, 6) is 0.672. The van der Waals surface area contributed by atoms with Crippen molar-refractivity contribution in [2.75, 3.05) is 26.7 Å². The lowest BCUT2D eigenvalue weighted by molar-refractivity contribution is 0.199. The van der Waals surface area contributed by atoms with Gasteiger partial charge in [-0.15, -0.1) is 0 Å². The van der Waals surface area contributed by atoms with Gasteiger partial charge in [-0.25, -0.2) is 0 Å². The summed E-state index contributed by atoms with van der Waals surface area (Å²) in [6.07, 6.45) is 2.37. The van der Waals surface area contributed by atoms with E-state index in [2.05, 4.69) is 23.2 Å². The van der Waals surface area contributed by atoms with Gasteiger partial charge in [0.15, 0.2) is 0 Å². The van der Waals surface area contributed by atoms with E-state index in [1.807, 2.05) is 18.2 Å². The molecule has 20 heavy (non-hydrogen) atoms. The second-order valence-electron chi connectivity index (χ2n) is 5.26. The predicted molar refractivity (Wildman–Crippen MR) is 79.7 cm³/mol. The molecule has 1 aliphatic heterocycles. The van der Waals surface area contributed by atoms with Crippen LogP contribution in [-0.2, 0) is 6.54 Å². The van der Waals surface area contributed by atoms with Gasteiger partial charge < -0.3 is 10.1 Å². The molecule has 0 bridgehead atoms. The van der Waals surface area contributed by atoms with E-state index in [0.29, 0.717) is 17.4 Å². The number of hydrogen-bond acceptors (Lipinski definition) is 4. The third-order valence-corrected chi connectivity index (χ3v) is 3.83. The normalized spacial score (nSPS) is 18.2. The molecule has 0 aromatic heterocycles. The summed E-state index contributed by atoms with van der Waals surface area (Å²) in [5.41, 5.74) is 1.81. The van der Waals surface area contributed by atoms with Crippen molar-refractivity contribution in [3.63, 3.8) is 0 Å². The van der Waals surface area contributed by atoms with Crippen LogP contribution in [0.15, 0.2) is 18.2 Å². The number of nitrogens with one attached hydrogen (secondary N) is 1. The van der Waals surface area contributed by atoms with Gasteiger partial charge in [0.05, 0.1) is 12.7 Å². The Kier molecular flexibility index (Phi) is 5.40. The molecule has 2 rings (SSSR count). The number of hydrogen-bond donors (Lipinski definition) is 1. The largest absolute Gasteiger partial charge is 0.495 e. The lowest BCUT2D eigenvalue weighted by Crippen LogP contribution is -2.36. The van der Waals surface area contributed by atoms with Crippen LogP contribution in [-0.4, -0.2) is 37.7 Å². The maximum Gasteiger partial charge on any atom is 0.136 e. The van der Waals surface area contributed by atoms with Gasteiger partial charge in [-0.05, 0) is 43.6 Å². The monoisotopic (exact) mass is 273 g/mol. The molecule has 1 saturated heterocycles. The van der Waals surface area contributed by atoms with Crippen molar-refractivity contribution in [1.82, 2.24) is 10.2 Å². The first-order valence-electron chi connectivity index (χ1n) is 7.30. The van der Waals surface area contributed by atoms with Gasteiger partial charge in [0.2, 0.25) is 0 Å². The molecule has 108 valence electrons. The molecule has 0 aliphatic carbocycles. The topological polar surface area (TPSA) is 48.3 Å². The molecule has 1 unspecified atom stereocenters. The number of ether oxygens (including phenoxy) is 1. The third kappa shape index (κ3) is 3.50. The molecule has 1 aromatic rings. The highest BCUT2D eigenvalue weighted by atomic mass is 16.5. The summed E-state index contributed by atoms with van der Waals surface area (Å²) in [5, 5.41) is 12.5. The van der Waals surface area contributed by atoms with E-state index in [0.717, 1.165) is 32.6 Å². The molecule has 0 amide bonds. The summed E-state index contributed by atoms with van der Waals surface area (Å²) in [4.78, 5) is 2.53. The number of nitrogens with zero attached hydrogens (tertiary/aromatic N) is 2. The number of benzene rings is 1. The summed E-state index contributed by atoms with van der Waals surface area (Å²) in [7, 11) is 1.62. The number of rotatable bonds is 6. The molecule has 4 heteroatoms. The lowest BCUT2D eigenvalue weighted by atomic mass is 10.1. The summed E-state index contributed by atoms with van der Waals surface area (Å²) >= 11 is 0. The van der Waals surface area contributed by atoms with E-state index in [4.69, 9.17) is 10.00 Å². The lowest BCUT2D eigenvalue weighted by Gasteiger charge is -2.28. The van der Waals surface area contributed by atoms with Crippen molar-refractivity contribution in [2.24, 2.45) is 0 Å². The van der Waals surface area contributed by atoms with Gasteiger partial charge in [-0.1, -0.05) is 13.0 Å². The van der Waals surface area contributed by atoms with Gasteiger partial charge >= 0.3 is 0 Å². The van der Waals surface area contributed by atoms with Crippen molar-refractivity contribution in [2.45, 2.75) is 32.4 Å². The molecule has 1 fully saturated rings. The molecule has 1 atom stereocenters. The standard InChI is InChI=1S/C16H23N3O/c1-3-8-19(15-6-7-18-11-15)12-13-4-5-14(10-17)16(9-13)20-2/h4-5,9,15,18H,3,6-8,11-12H2,1-2H3. The van der Waals surface area contributed by atoms with Crippen LogP contribution in [0.4, 0.5) is 0 Å². The smallest absolute Gasteiger partial charge is 0.136 e. The second kappa shape index (κ2) is 7.28. The van der Waals surface area contributed by atoms with Crippen LogP contribution < -0.4 is 10.1 Å². The zero-order chi connectivity index (χ0) is 14.4. The Bertz CT molecular complexity index is 475. The van der Waals surface area contributed by atoms with Gasteiger partial charge in [0.1, 0.15) is 11.8 Å². The Morgan fingerprint density at radius 2 is 2.35 bits per heavy atom. The fraction of sp³-hybridized carbons (Fsp3) is 0.562. The van der Waals surface area contributed by atoms with Crippen LogP contribution >= 0.6 is 0 Å². The molecular formula is C16H23N3O. The minimum atomic E-state index is 0.598. The van der Waals surface area contributed by atoms with Crippen molar-refractivity contribution in [1.29, 1.82) is 5.26 Å². The van der Waals surface area contributed by atoms with Crippen LogP contribution in [0, 0.1) is 11.3 Å². The van der Waals surface area contributed by atoms with Gasteiger partial charge in [0, 0.05) is 19.1 Å². The van der Waals surface area contributed by atoms with E-state index in [-0.39, 0.29) is 0 Å². The maximum atomic E-state index is 9.03. The number of nitriles is 1. The quantitative estimate of drug-likeness (QED) is 0.862. The predicted octanol–water partition coefficient (Wildman–Crippen LogP) is 2.14. The fourth-order valence-corrected chi connectivity index (χ4v) is 2.79. The van der Waals surface area contributed by atoms with Gasteiger partial charge in [-0.2, -0.15) is 5.26 Å². The third-order valence-electron chi connectivity index (χ3n) is 3.83. The van der Waals surface area contributed by atoms with E-state index in [9.17, 15) is 0 Å². The number of methoxy groups -OCH3 is 1. The van der Waals surface area contributed by atoms with Crippen molar-refractivity contribution in [3.05, 3.63) is 29.3 Å². The summed E-state index contributed by atoms with van der Waals surface area (Å²) < 4.78 is 5.29. The van der Waals surface area contributed by atoms with Crippen LogP contribution in [0.1, 0.15) is 30.9 Å².